The SMILES string of the molecule is NCc1cnnn1-c1ccc(OCc2ccc(Cl)cc2)cc1. The highest BCUT2D eigenvalue weighted by Gasteiger charge is 2.04. The van der Waals surface area contributed by atoms with Crippen LogP contribution in [0.5, 0.6) is 5.75 Å². The van der Waals surface area contributed by atoms with Crippen molar-refractivity contribution in [2.75, 3.05) is 0 Å². The minimum atomic E-state index is 0.391. The van der Waals surface area contributed by atoms with Crippen molar-refractivity contribution in [3.8, 4) is 11.4 Å². The molecule has 0 fully saturated rings. The number of halogens is 1. The van der Waals surface area contributed by atoms with Gasteiger partial charge in [0.25, 0.3) is 0 Å². The molecule has 2 N–H and O–H groups in total. The first-order valence-corrected chi connectivity index (χ1v) is 7.21. The number of nitrogens with zero attached hydrogens (tertiary/aromatic N) is 3. The van der Waals surface area contributed by atoms with Gasteiger partial charge in [-0.05, 0) is 42.0 Å². The molecule has 0 atom stereocenters. The van der Waals surface area contributed by atoms with Gasteiger partial charge in [0, 0.05) is 11.6 Å². The van der Waals surface area contributed by atoms with Crippen molar-refractivity contribution in [3.05, 3.63) is 71.0 Å². The summed E-state index contributed by atoms with van der Waals surface area (Å²) in [4.78, 5) is 0. The molecule has 0 aliphatic heterocycles. The molecular formula is C16H15ClN4O. The number of nitrogens with two attached hydrogens (primary N) is 1. The minimum absolute atomic E-state index is 0.391. The average molecular weight is 315 g/mol. The fourth-order valence-corrected chi connectivity index (χ4v) is 2.17. The molecule has 22 heavy (non-hydrogen) atoms. The van der Waals surface area contributed by atoms with Gasteiger partial charge in [-0.3, -0.25) is 0 Å². The Bertz CT molecular complexity index is 738. The van der Waals surface area contributed by atoms with Crippen LogP contribution in [0.1, 0.15) is 11.3 Å². The van der Waals surface area contributed by atoms with Crippen molar-refractivity contribution < 1.29 is 4.74 Å². The Hall–Kier alpha value is -2.37. The van der Waals surface area contributed by atoms with Gasteiger partial charge < -0.3 is 10.5 Å². The fourth-order valence-electron chi connectivity index (χ4n) is 2.04. The van der Waals surface area contributed by atoms with Gasteiger partial charge in [0.2, 0.25) is 0 Å². The summed E-state index contributed by atoms with van der Waals surface area (Å²) in [7, 11) is 0. The van der Waals surface area contributed by atoms with E-state index in [4.69, 9.17) is 22.1 Å². The Morgan fingerprint density at radius 2 is 1.77 bits per heavy atom. The summed E-state index contributed by atoms with van der Waals surface area (Å²) in [6, 6.07) is 15.2. The van der Waals surface area contributed by atoms with Crippen LogP contribution in [0.3, 0.4) is 0 Å². The Morgan fingerprint density at radius 3 is 2.45 bits per heavy atom. The van der Waals surface area contributed by atoms with Crippen LogP contribution < -0.4 is 10.5 Å². The lowest BCUT2D eigenvalue weighted by atomic mass is 10.2. The summed E-state index contributed by atoms with van der Waals surface area (Å²) < 4.78 is 7.46. The largest absolute Gasteiger partial charge is 0.489 e. The van der Waals surface area contributed by atoms with Crippen LogP contribution in [0, 0.1) is 0 Å². The summed E-state index contributed by atoms with van der Waals surface area (Å²) in [6.07, 6.45) is 1.66. The summed E-state index contributed by atoms with van der Waals surface area (Å²) >= 11 is 5.86. The van der Waals surface area contributed by atoms with Crippen molar-refractivity contribution >= 4 is 11.6 Å². The normalized spacial score (nSPS) is 10.6. The van der Waals surface area contributed by atoms with Gasteiger partial charge in [0.05, 0.1) is 17.6 Å². The summed E-state index contributed by atoms with van der Waals surface area (Å²) in [6.45, 7) is 0.885. The number of benzene rings is 2. The standard InChI is InChI=1S/C16H15ClN4O/c17-13-3-1-12(2-4-13)11-22-16-7-5-14(6-8-16)21-15(9-18)10-19-20-21/h1-8,10H,9,11,18H2. The van der Waals surface area contributed by atoms with E-state index in [9.17, 15) is 0 Å². The molecule has 0 bridgehead atoms. The Morgan fingerprint density at radius 1 is 1.05 bits per heavy atom. The van der Waals surface area contributed by atoms with Gasteiger partial charge in [-0.2, -0.15) is 0 Å². The summed E-state index contributed by atoms with van der Waals surface area (Å²) in [5.74, 6) is 0.785. The second-order valence-electron chi connectivity index (χ2n) is 4.75. The maximum Gasteiger partial charge on any atom is 0.119 e. The fraction of sp³-hybridized carbons (Fsp3) is 0.125. The van der Waals surface area contributed by atoms with Gasteiger partial charge in [-0.15, -0.1) is 5.10 Å². The van der Waals surface area contributed by atoms with Crippen molar-refractivity contribution in [3.63, 3.8) is 0 Å². The van der Waals surface area contributed by atoms with Crippen molar-refractivity contribution in [1.82, 2.24) is 15.0 Å². The maximum atomic E-state index is 5.86. The lowest BCUT2D eigenvalue weighted by molar-refractivity contribution is 0.306. The van der Waals surface area contributed by atoms with E-state index in [-0.39, 0.29) is 0 Å². The molecule has 6 heteroatoms. The third-order valence-electron chi connectivity index (χ3n) is 3.23. The van der Waals surface area contributed by atoms with Crippen LogP contribution in [0.25, 0.3) is 5.69 Å². The summed E-state index contributed by atoms with van der Waals surface area (Å²) in [5, 5.41) is 8.61. The van der Waals surface area contributed by atoms with E-state index < -0.39 is 0 Å². The smallest absolute Gasteiger partial charge is 0.119 e. The minimum Gasteiger partial charge on any atom is -0.489 e. The Balaban J connectivity index is 1.68. The molecule has 0 amide bonds. The van der Waals surface area contributed by atoms with Crippen LogP contribution >= 0.6 is 11.6 Å². The predicted octanol–water partition coefficient (Wildman–Crippen LogP) is 2.96. The molecule has 0 aliphatic rings. The van der Waals surface area contributed by atoms with Crippen LogP contribution in [0.2, 0.25) is 5.02 Å². The zero-order valence-corrected chi connectivity index (χ0v) is 12.6. The third kappa shape index (κ3) is 3.27. The monoisotopic (exact) mass is 314 g/mol. The highest BCUT2D eigenvalue weighted by atomic mass is 35.5. The molecule has 1 aromatic heterocycles. The molecule has 0 aliphatic carbocycles. The summed E-state index contributed by atoms with van der Waals surface area (Å²) in [5.41, 5.74) is 8.47. The number of hydrogen-bond donors (Lipinski definition) is 1. The average Bonchev–Trinajstić information content (AvgIpc) is 3.03. The van der Waals surface area contributed by atoms with Gasteiger partial charge in [0.15, 0.2) is 0 Å². The van der Waals surface area contributed by atoms with Crippen LogP contribution in [-0.4, -0.2) is 15.0 Å². The highest BCUT2D eigenvalue weighted by Crippen LogP contribution is 2.18. The molecule has 2 aromatic carbocycles. The molecule has 112 valence electrons. The predicted molar refractivity (Wildman–Crippen MR) is 85.0 cm³/mol. The second-order valence-corrected chi connectivity index (χ2v) is 5.19. The lowest BCUT2D eigenvalue weighted by Gasteiger charge is -2.08. The third-order valence-corrected chi connectivity index (χ3v) is 3.48. The van der Waals surface area contributed by atoms with E-state index in [1.807, 2.05) is 48.5 Å². The quantitative estimate of drug-likeness (QED) is 0.786. The topological polar surface area (TPSA) is 66.0 Å². The van der Waals surface area contributed by atoms with Crippen LogP contribution in [0.15, 0.2) is 54.7 Å². The molecule has 0 saturated heterocycles. The number of rotatable bonds is 5. The first kappa shape index (κ1) is 14.6. The van der Waals surface area contributed by atoms with E-state index in [0.717, 1.165) is 27.7 Å². The van der Waals surface area contributed by atoms with E-state index in [0.29, 0.717) is 13.2 Å². The van der Waals surface area contributed by atoms with Crippen LogP contribution in [0.4, 0.5) is 0 Å². The van der Waals surface area contributed by atoms with E-state index in [1.54, 1.807) is 10.9 Å². The Kier molecular flexibility index (Phi) is 4.37. The first-order valence-electron chi connectivity index (χ1n) is 6.83. The van der Waals surface area contributed by atoms with Gasteiger partial charge in [-0.25, -0.2) is 4.68 Å². The first-order chi connectivity index (χ1) is 10.8. The van der Waals surface area contributed by atoms with Gasteiger partial charge in [-0.1, -0.05) is 28.9 Å². The van der Waals surface area contributed by atoms with Gasteiger partial charge >= 0.3 is 0 Å². The molecule has 0 radical (unpaired) electrons. The second kappa shape index (κ2) is 6.60. The number of hydrogen-bond acceptors (Lipinski definition) is 4. The zero-order valence-electron chi connectivity index (χ0n) is 11.8. The number of ether oxygens (including phenoxy) is 1. The molecule has 5 nitrogen and oxygen atoms in total. The van der Waals surface area contributed by atoms with E-state index in [2.05, 4.69) is 10.3 Å². The molecule has 0 saturated carbocycles. The van der Waals surface area contributed by atoms with E-state index >= 15 is 0 Å². The molecular weight excluding hydrogens is 300 g/mol. The number of aromatic nitrogens is 3. The molecule has 3 rings (SSSR count). The highest BCUT2D eigenvalue weighted by molar-refractivity contribution is 6.30. The van der Waals surface area contributed by atoms with Gasteiger partial charge in [0.1, 0.15) is 12.4 Å². The van der Waals surface area contributed by atoms with Crippen LogP contribution in [-0.2, 0) is 13.2 Å². The zero-order chi connectivity index (χ0) is 15.4. The Labute approximate surface area is 133 Å². The van der Waals surface area contributed by atoms with E-state index in [1.165, 1.54) is 0 Å². The molecule has 0 unspecified atom stereocenters. The molecule has 3 aromatic rings. The van der Waals surface area contributed by atoms with Crippen molar-refractivity contribution in [2.45, 2.75) is 13.2 Å². The van der Waals surface area contributed by atoms with Crippen molar-refractivity contribution in [1.29, 1.82) is 0 Å². The van der Waals surface area contributed by atoms with Crippen molar-refractivity contribution in [2.24, 2.45) is 5.73 Å². The molecule has 0 spiro atoms. The maximum absolute atomic E-state index is 5.86. The lowest BCUT2D eigenvalue weighted by Crippen LogP contribution is -2.06. The molecule has 1 heterocycles.